The summed E-state index contributed by atoms with van der Waals surface area (Å²) >= 11 is 0. The van der Waals surface area contributed by atoms with Gasteiger partial charge in [0.05, 0.1) is 6.20 Å². The number of aryl methyl sites for hydroxylation is 1. The predicted octanol–water partition coefficient (Wildman–Crippen LogP) is 1.14. The summed E-state index contributed by atoms with van der Waals surface area (Å²) in [4.78, 5) is 4.25. The lowest BCUT2D eigenvalue weighted by atomic mass is 10.00. The number of nitrogens with zero attached hydrogens (tertiary/aromatic N) is 3. The van der Waals surface area contributed by atoms with E-state index in [4.69, 9.17) is 5.73 Å². The van der Waals surface area contributed by atoms with Gasteiger partial charge < -0.3 is 10.3 Å². The van der Waals surface area contributed by atoms with Crippen LogP contribution in [-0.4, -0.2) is 40.9 Å². The van der Waals surface area contributed by atoms with Crippen LogP contribution in [0.1, 0.15) is 38.4 Å². The first-order chi connectivity index (χ1) is 9.51. The molecule has 6 nitrogen and oxygen atoms in total. The van der Waals surface area contributed by atoms with E-state index in [2.05, 4.69) is 4.98 Å². The molecule has 1 saturated heterocycles. The fraction of sp³-hybridized carbons (Fsp3) is 0.769. The molecule has 0 aliphatic carbocycles. The number of rotatable bonds is 3. The molecule has 2 unspecified atom stereocenters. The quantitative estimate of drug-likeness (QED) is 0.898. The summed E-state index contributed by atoms with van der Waals surface area (Å²) in [6.07, 6.45) is 6.15. The van der Waals surface area contributed by atoms with E-state index in [0.717, 1.165) is 44.5 Å². The van der Waals surface area contributed by atoms with Gasteiger partial charge in [-0.1, -0.05) is 6.42 Å². The van der Waals surface area contributed by atoms with Gasteiger partial charge in [-0.2, -0.15) is 4.31 Å². The Morgan fingerprint density at radius 1 is 1.33 bits per heavy atom. The number of hydrogen-bond donors (Lipinski definition) is 1. The van der Waals surface area contributed by atoms with Gasteiger partial charge in [-0.3, -0.25) is 0 Å². The molecule has 2 N–H and O–H groups in total. The van der Waals surface area contributed by atoms with E-state index in [1.165, 1.54) is 6.20 Å². The van der Waals surface area contributed by atoms with Crippen LogP contribution in [0.4, 0.5) is 0 Å². The maximum absolute atomic E-state index is 12.9. The van der Waals surface area contributed by atoms with Crippen LogP contribution in [0.3, 0.4) is 0 Å². The van der Waals surface area contributed by atoms with Crippen molar-refractivity contribution in [1.29, 1.82) is 0 Å². The van der Waals surface area contributed by atoms with Crippen LogP contribution in [0.25, 0.3) is 0 Å². The van der Waals surface area contributed by atoms with E-state index in [-0.39, 0.29) is 24.5 Å². The molecule has 8 heteroatoms. The van der Waals surface area contributed by atoms with Gasteiger partial charge in [0.2, 0.25) is 0 Å². The monoisotopic (exact) mass is 334 g/mol. The van der Waals surface area contributed by atoms with Crippen LogP contribution < -0.4 is 5.73 Å². The van der Waals surface area contributed by atoms with Gasteiger partial charge in [0.1, 0.15) is 5.82 Å². The SMILES string of the molecule is CC(N)C1CCCCN1S(=O)(=O)c1cnc2n1CCC2.Cl. The lowest BCUT2D eigenvalue weighted by molar-refractivity contribution is 0.226. The van der Waals surface area contributed by atoms with Gasteiger partial charge in [0, 0.05) is 31.6 Å². The van der Waals surface area contributed by atoms with Crippen molar-refractivity contribution in [2.75, 3.05) is 6.54 Å². The van der Waals surface area contributed by atoms with Crippen molar-refractivity contribution in [2.24, 2.45) is 5.73 Å². The summed E-state index contributed by atoms with van der Waals surface area (Å²) in [6.45, 7) is 3.20. The molecule has 0 spiro atoms. The first kappa shape index (κ1) is 16.7. The van der Waals surface area contributed by atoms with Crippen molar-refractivity contribution < 1.29 is 8.42 Å². The van der Waals surface area contributed by atoms with Crippen molar-refractivity contribution >= 4 is 22.4 Å². The highest BCUT2D eigenvalue weighted by Gasteiger charge is 2.38. The molecule has 0 radical (unpaired) electrons. The van der Waals surface area contributed by atoms with Crippen LogP contribution in [0.15, 0.2) is 11.2 Å². The lowest BCUT2D eigenvalue weighted by Crippen LogP contribution is -2.51. The molecule has 21 heavy (non-hydrogen) atoms. The molecule has 0 amide bonds. The number of fused-ring (bicyclic) bond motifs is 1. The smallest absolute Gasteiger partial charge is 0.260 e. The van der Waals surface area contributed by atoms with Gasteiger partial charge in [-0.05, 0) is 26.2 Å². The summed E-state index contributed by atoms with van der Waals surface area (Å²) in [5.74, 6) is 0.887. The van der Waals surface area contributed by atoms with Crippen LogP contribution in [0.2, 0.25) is 0 Å². The predicted molar refractivity (Wildman–Crippen MR) is 83.0 cm³/mol. The Kier molecular flexibility index (Phi) is 4.97. The lowest BCUT2D eigenvalue weighted by Gasteiger charge is -2.36. The molecule has 120 valence electrons. The molecule has 3 heterocycles. The Morgan fingerprint density at radius 2 is 2.10 bits per heavy atom. The summed E-state index contributed by atoms with van der Waals surface area (Å²) in [7, 11) is -3.48. The van der Waals surface area contributed by atoms with Crippen molar-refractivity contribution in [3.63, 3.8) is 0 Å². The Bertz CT molecular complexity index is 599. The minimum absolute atomic E-state index is 0. The van der Waals surface area contributed by atoms with Gasteiger partial charge in [0.25, 0.3) is 10.0 Å². The van der Waals surface area contributed by atoms with Crippen LogP contribution >= 0.6 is 12.4 Å². The standard InChI is InChI=1S/C13H22N4O2S.ClH/c1-10(14)11-5-2-3-8-17(11)20(18,19)13-9-15-12-6-4-7-16(12)13;/h9-11H,2-8,14H2,1H3;1H. The number of nitrogens with two attached hydrogens (primary N) is 1. The van der Waals surface area contributed by atoms with E-state index in [9.17, 15) is 8.42 Å². The van der Waals surface area contributed by atoms with Crippen LogP contribution in [-0.2, 0) is 23.0 Å². The van der Waals surface area contributed by atoms with Gasteiger partial charge >= 0.3 is 0 Å². The molecular formula is C13H23ClN4O2S. The zero-order valence-electron chi connectivity index (χ0n) is 12.2. The van der Waals surface area contributed by atoms with Crippen LogP contribution in [0, 0.1) is 0 Å². The molecule has 0 bridgehead atoms. The molecule has 0 aromatic carbocycles. The number of piperidine rings is 1. The van der Waals surface area contributed by atoms with E-state index in [1.807, 2.05) is 11.5 Å². The minimum Gasteiger partial charge on any atom is -0.326 e. The second-order valence-corrected chi connectivity index (χ2v) is 7.64. The van der Waals surface area contributed by atoms with Crippen LogP contribution in [0.5, 0.6) is 0 Å². The van der Waals surface area contributed by atoms with Crippen molar-refractivity contribution in [1.82, 2.24) is 13.9 Å². The molecule has 3 rings (SSSR count). The molecule has 2 aliphatic rings. The first-order valence-electron chi connectivity index (χ1n) is 7.33. The fourth-order valence-electron chi connectivity index (χ4n) is 3.31. The molecule has 1 aromatic heterocycles. The highest BCUT2D eigenvalue weighted by molar-refractivity contribution is 7.89. The minimum atomic E-state index is -3.48. The van der Waals surface area contributed by atoms with E-state index >= 15 is 0 Å². The number of hydrogen-bond acceptors (Lipinski definition) is 4. The van der Waals surface area contributed by atoms with E-state index in [1.54, 1.807) is 4.31 Å². The van der Waals surface area contributed by atoms with Crippen molar-refractivity contribution in [2.45, 2.75) is 62.7 Å². The van der Waals surface area contributed by atoms with Crippen molar-refractivity contribution in [3.05, 3.63) is 12.0 Å². The largest absolute Gasteiger partial charge is 0.326 e. The molecule has 2 atom stereocenters. The Labute approximate surface area is 132 Å². The first-order valence-corrected chi connectivity index (χ1v) is 8.77. The molecule has 1 aromatic rings. The number of imidazole rings is 1. The van der Waals surface area contributed by atoms with Gasteiger partial charge in [-0.15, -0.1) is 12.4 Å². The second kappa shape index (κ2) is 6.24. The third-order valence-corrected chi connectivity index (χ3v) is 6.29. The number of sulfonamides is 1. The average Bonchev–Trinajstić information content (AvgIpc) is 3.00. The van der Waals surface area contributed by atoms with Gasteiger partial charge in [0.15, 0.2) is 5.03 Å². The normalized spacial score (nSPS) is 24.4. The zero-order valence-corrected chi connectivity index (χ0v) is 13.9. The second-order valence-electron chi connectivity index (χ2n) is 5.81. The highest BCUT2D eigenvalue weighted by atomic mass is 35.5. The number of aromatic nitrogens is 2. The summed E-state index contributed by atoms with van der Waals surface area (Å²) in [6, 6.07) is -0.243. The molecular weight excluding hydrogens is 312 g/mol. The topological polar surface area (TPSA) is 81.2 Å². The average molecular weight is 335 g/mol. The molecule has 0 saturated carbocycles. The van der Waals surface area contributed by atoms with Crippen molar-refractivity contribution in [3.8, 4) is 0 Å². The highest BCUT2D eigenvalue weighted by Crippen LogP contribution is 2.28. The third-order valence-electron chi connectivity index (χ3n) is 4.36. The third kappa shape index (κ3) is 2.84. The zero-order chi connectivity index (χ0) is 14.3. The molecule has 1 fully saturated rings. The Hall–Kier alpha value is -0.630. The molecule has 2 aliphatic heterocycles. The van der Waals surface area contributed by atoms with E-state index < -0.39 is 10.0 Å². The Balaban J connectivity index is 0.00000161. The van der Waals surface area contributed by atoms with Gasteiger partial charge in [-0.25, -0.2) is 13.4 Å². The summed E-state index contributed by atoms with van der Waals surface area (Å²) < 4.78 is 29.3. The Morgan fingerprint density at radius 3 is 2.81 bits per heavy atom. The maximum Gasteiger partial charge on any atom is 0.260 e. The summed E-state index contributed by atoms with van der Waals surface area (Å²) in [5, 5.41) is 0.345. The maximum atomic E-state index is 12.9. The fourth-order valence-corrected chi connectivity index (χ4v) is 5.24. The number of halogens is 1. The summed E-state index contributed by atoms with van der Waals surface area (Å²) in [5.41, 5.74) is 5.99. The van der Waals surface area contributed by atoms with E-state index in [0.29, 0.717) is 11.6 Å².